The van der Waals surface area contributed by atoms with Crippen molar-refractivity contribution >= 4 is 28.6 Å². The number of rotatable bonds is 2. The summed E-state index contributed by atoms with van der Waals surface area (Å²) < 4.78 is 6.42. The first-order valence-electron chi connectivity index (χ1n) is 9.73. The Morgan fingerprint density at radius 2 is 2.03 bits per heavy atom. The van der Waals surface area contributed by atoms with Gasteiger partial charge in [0.2, 0.25) is 0 Å². The van der Waals surface area contributed by atoms with Crippen LogP contribution < -0.4 is 11.1 Å². The standard InChI is InChI=1S/C22H19N3O4/c26-20(12-25-18-7-3-4-8-19(18)29-22(25)28)23-13-9-10-15-14-5-1-2-6-16(14)21(27)24-17(15)11-13/h3-4,7-11,15H,1-2,5-6,12H2,(H,24,27). The first-order chi connectivity index (χ1) is 14.1. The highest BCUT2D eigenvalue weighted by molar-refractivity contribution is 6.11. The minimum absolute atomic E-state index is 0.0420. The number of amides is 2. The molecular weight excluding hydrogens is 370 g/mol. The third-order valence-corrected chi connectivity index (χ3v) is 5.64. The van der Waals surface area contributed by atoms with E-state index in [1.807, 2.05) is 6.08 Å². The second-order valence-electron chi connectivity index (χ2n) is 7.45. The molecule has 29 heavy (non-hydrogen) atoms. The Hall–Kier alpha value is -3.48. The molecule has 1 aromatic carbocycles. The van der Waals surface area contributed by atoms with Crippen LogP contribution in [0.1, 0.15) is 25.7 Å². The van der Waals surface area contributed by atoms with E-state index in [9.17, 15) is 14.4 Å². The van der Waals surface area contributed by atoms with Gasteiger partial charge in [0.05, 0.1) is 11.2 Å². The Kier molecular flexibility index (Phi) is 4.16. The van der Waals surface area contributed by atoms with Gasteiger partial charge in [-0.3, -0.25) is 14.2 Å². The van der Waals surface area contributed by atoms with Crippen molar-refractivity contribution in [2.75, 3.05) is 0 Å². The number of fused-ring (bicyclic) bond motifs is 3. The largest absolute Gasteiger partial charge is 0.420 e. The van der Waals surface area contributed by atoms with Crippen molar-refractivity contribution in [2.45, 2.75) is 32.2 Å². The summed E-state index contributed by atoms with van der Waals surface area (Å²) in [7, 11) is 0. The minimum atomic E-state index is -0.589. The van der Waals surface area contributed by atoms with Crippen LogP contribution in [0.4, 0.5) is 0 Å². The number of nitrogens with one attached hydrogen (secondary N) is 1. The minimum Gasteiger partial charge on any atom is -0.408 e. The van der Waals surface area contributed by atoms with E-state index in [0.29, 0.717) is 16.8 Å². The molecule has 2 aromatic rings. The third-order valence-electron chi connectivity index (χ3n) is 5.64. The van der Waals surface area contributed by atoms with Gasteiger partial charge in [-0.1, -0.05) is 18.2 Å². The van der Waals surface area contributed by atoms with E-state index in [1.54, 1.807) is 36.4 Å². The molecule has 2 heterocycles. The lowest BCUT2D eigenvalue weighted by Gasteiger charge is -2.33. The highest BCUT2D eigenvalue weighted by Crippen LogP contribution is 2.38. The molecule has 1 aromatic heterocycles. The van der Waals surface area contributed by atoms with E-state index in [1.165, 1.54) is 10.1 Å². The van der Waals surface area contributed by atoms with E-state index < -0.39 is 11.7 Å². The number of carbonyl (C=O) groups is 2. The fourth-order valence-electron chi connectivity index (χ4n) is 4.30. The summed E-state index contributed by atoms with van der Waals surface area (Å²) in [5, 5.41) is 2.95. The third kappa shape index (κ3) is 3.08. The molecule has 1 N–H and O–H groups in total. The zero-order chi connectivity index (χ0) is 20.0. The Bertz CT molecular complexity index is 1220. The van der Waals surface area contributed by atoms with Crippen LogP contribution in [0.15, 0.2) is 73.5 Å². The summed E-state index contributed by atoms with van der Waals surface area (Å²) in [5.74, 6) is -1.04. The summed E-state index contributed by atoms with van der Waals surface area (Å²) in [6.07, 6.45) is 9.43. The van der Waals surface area contributed by atoms with E-state index in [4.69, 9.17) is 4.42 Å². The maximum Gasteiger partial charge on any atom is 0.420 e. The van der Waals surface area contributed by atoms with Crippen molar-refractivity contribution in [3.8, 4) is 0 Å². The molecule has 0 radical (unpaired) electrons. The molecule has 0 saturated carbocycles. The van der Waals surface area contributed by atoms with Gasteiger partial charge in [0.25, 0.3) is 11.8 Å². The Balaban J connectivity index is 1.40. The average Bonchev–Trinajstić information content (AvgIpc) is 3.03. The molecule has 0 bridgehead atoms. The maximum absolute atomic E-state index is 12.5. The van der Waals surface area contributed by atoms with E-state index >= 15 is 0 Å². The molecule has 3 aliphatic rings. The highest BCUT2D eigenvalue weighted by atomic mass is 16.4. The monoisotopic (exact) mass is 389 g/mol. The number of hydrogen-bond donors (Lipinski definition) is 1. The molecule has 0 saturated heterocycles. The first-order valence-corrected chi connectivity index (χ1v) is 9.73. The Morgan fingerprint density at radius 1 is 1.21 bits per heavy atom. The van der Waals surface area contributed by atoms with Crippen LogP contribution in [-0.2, 0) is 16.1 Å². The molecule has 7 nitrogen and oxygen atoms in total. The summed E-state index contributed by atoms with van der Waals surface area (Å²) >= 11 is 0. The summed E-state index contributed by atoms with van der Waals surface area (Å²) in [5.41, 5.74) is 4.30. The highest BCUT2D eigenvalue weighted by Gasteiger charge is 2.33. The zero-order valence-electron chi connectivity index (χ0n) is 15.7. The quantitative estimate of drug-likeness (QED) is 0.854. The molecule has 1 aliphatic heterocycles. The molecule has 2 aliphatic carbocycles. The molecule has 2 amide bonds. The van der Waals surface area contributed by atoms with Crippen LogP contribution in [0.3, 0.4) is 0 Å². The number of hydrogen-bond acceptors (Lipinski definition) is 4. The van der Waals surface area contributed by atoms with Crippen molar-refractivity contribution in [2.24, 2.45) is 10.9 Å². The zero-order valence-corrected chi connectivity index (χ0v) is 15.7. The van der Waals surface area contributed by atoms with Gasteiger partial charge >= 0.3 is 5.76 Å². The number of para-hydroxylation sites is 2. The molecule has 0 fully saturated rings. The Labute approximate surface area is 166 Å². The van der Waals surface area contributed by atoms with Gasteiger partial charge < -0.3 is 9.73 Å². The van der Waals surface area contributed by atoms with Crippen LogP contribution in [0.2, 0.25) is 0 Å². The smallest absolute Gasteiger partial charge is 0.408 e. The summed E-state index contributed by atoms with van der Waals surface area (Å²) in [6.45, 7) is -0.207. The SMILES string of the molecule is O=C(Cn1c(=O)oc2ccccc21)N=C1C=CC2C(=C1)NC(=O)C1=C2CCCC1. The van der Waals surface area contributed by atoms with Gasteiger partial charge in [-0.2, -0.15) is 0 Å². The molecule has 5 rings (SSSR count). The lowest BCUT2D eigenvalue weighted by molar-refractivity contribution is -0.118. The molecular formula is C22H19N3O4. The van der Waals surface area contributed by atoms with Crippen molar-refractivity contribution in [1.82, 2.24) is 9.88 Å². The van der Waals surface area contributed by atoms with Crippen LogP contribution in [0.5, 0.6) is 0 Å². The van der Waals surface area contributed by atoms with Gasteiger partial charge in [0, 0.05) is 17.2 Å². The number of allylic oxidation sites excluding steroid dienone is 3. The first kappa shape index (κ1) is 17.6. The predicted molar refractivity (Wildman–Crippen MR) is 107 cm³/mol. The van der Waals surface area contributed by atoms with E-state index in [2.05, 4.69) is 10.3 Å². The number of carbonyl (C=O) groups excluding carboxylic acids is 2. The molecule has 7 heteroatoms. The molecule has 146 valence electrons. The molecule has 0 spiro atoms. The predicted octanol–water partition coefficient (Wildman–Crippen LogP) is 2.63. The van der Waals surface area contributed by atoms with Gasteiger partial charge in [0.15, 0.2) is 5.58 Å². The number of aromatic nitrogens is 1. The lowest BCUT2D eigenvalue weighted by atomic mass is 9.77. The van der Waals surface area contributed by atoms with Gasteiger partial charge in [-0.25, -0.2) is 9.79 Å². The van der Waals surface area contributed by atoms with Gasteiger partial charge in [-0.15, -0.1) is 0 Å². The molecule has 1 atom stereocenters. The second kappa shape index (κ2) is 6.84. The van der Waals surface area contributed by atoms with Crippen LogP contribution in [0.25, 0.3) is 11.1 Å². The van der Waals surface area contributed by atoms with Crippen molar-refractivity contribution in [3.63, 3.8) is 0 Å². The average molecular weight is 389 g/mol. The van der Waals surface area contributed by atoms with Crippen LogP contribution in [-0.4, -0.2) is 22.1 Å². The van der Waals surface area contributed by atoms with Crippen molar-refractivity contribution in [1.29, 1.82) is 0 Å². The second-order valence-corrected chi connectivity index (χ2v) is 7.45. The van der Waals surface area contributed by atoms with Crippen LogP contribution in [0, 0.1) is 5.92 Å². The summed E-state index contributed by atoms with van der Waals surface area (Å²) in [6, 6.07) is 6.94. The normalized spacial score (nSPS) is 22.3. The maximum atomic E-state index is 12.5. The molecule has 1 unspecified atom stereocenters. The fourth-order valence-corrected chi connectivity index (χ4v) is 4.30. The topological polar surface area (TPSA) is 93.7 Å². The number of nitrogens with zero attached hydrogens (tertiary/aromatic N) is 2. The summed E-state index contributed by atoms with van der Waals surface area (Å²) in [4.78, 5) is 41.0. The van der Waals surface area contributed by atoms with Gasteiger partial charge in [-0.05, 0) is 55.5 Å². The van der Waals surface area contributed by atoms with E-state index in [0.717, 1.165) is 37.0 Å². The fraction of sp³-hybridized carbons (Fsp3) is 0.273. The van der Waals surface area contributed by atoms with Crippen molar-refractivity contribution < 1.29 is 14.0 Å². The van der Waals surface area contributed by atoms with Crippen molar-refractivity contribution in [3.05, 3.63) is 69.9 Å². The van der Waals surface area contributed by atoms with Gasteiger partial charge in [0.1, 0.15) is 6.54 Å². The number of aliphatic imine (C=N–C) groups is 1. The van der Waals surface area contributed by atoms with E-state index in [-0.39, 0.29) is 18.4 Å². The lowest BCUT2D eigenvalue weighted by Crippen LogP contribution is -2.37. The number of oxazole rings is 1. The van der Waals surface area contributed by atoms with Crippen LogP contribution >= 0.6 is 0 Å². The Morgan fingerprint density at radius 3 is 2.93 bits per heavy atom. The number of benzene rings is 1.